The first kappa shape index (κ1) is 25.3. The zero-order valence-electron chi connectivity index (χ0n) is 22.4. The second-order valence-electron chi connectivity index (χ2n) is 10.4. The molecule has 4 aromatic rings. The summed E-state index contributed by atoms with van der Waals surface area (Å²) < 4.78 is 11.1. The standard InChI is InChI=1S/C33H26N2O5S/c1-39-20-13-14-25(40-2)22(18-20)29(36)27-28(30(37)26-12-7-17-41-26)35-16-15-19-8-3-4-9-21(19)31(35)33(27)23-10-5-6-11-24(23)34-32(33)38/h3-18,27-28,31H,1-2H3,(H,34,38)/t27-,28+,31-,33-/m0/s1. The van der Waals surface area contributed by atoms with Crippen LogP contribution in [0.2, 0.25) is 0 Å². The maximum absolute atomic E-state index is 15.0. The molecule has 7 nitrogen and oxygen atoms in total. The van der Waals surface area contributed by atoms with E-state index in [1.165, 1.54) is 25.6 Å². The van der Waals surface area contributed by atoms with Crippen molar-refractivity contribution in [2.45, 2.75) is 17.5 Å². The molecule has 7 rings (SSSR count). The maximum Gasteiger partial charge on any atom is 0.238 e. The van der Waals surface area contributed by atoms with Crippen LogP contribution in [0.5, 0.6) is 11.5 Å². The number of anilines is 1. The molecule has 1 fully saturated rings. The lowest BCUT2D eigenvalue weighted by Gasteiger charge is -2.38. The molecular weight excluding hydrogens is 536 g/mol. The number of hydrogen-bond donors (Lipinski definition) is 1. The van der Waals surface area contributed by atoms with Crippen LogP contribution in [0.1, 0.15) is 42.8 Å². The van der Waals surface area contributed by atoms with Crippen LogP contribution in [-0.2, 0) is 10.2 Å². The predicted molar refractivity (Wildman–Crippen MR) is 157 cm³/mol. The van der Waals surface area contributed by atoms with Gasteiger partial charge in [0.05, 0.1) is 36.6 Å². The number of para-hydroxylation sites is 1. The Bertz CT molecular complexity index is 1750. The number of Topliss-reactive ketones (excluding diaryl/α,β-unsaturated/α-hetero) is 2. The van der Waals surface area contributed by atoms with Crippen molar-refractivity contribution >= 4 is 40.6 Å². The molecular formula is C33H26N2O5S. The lowest BCUT2D eigenvalue weighted by Crippen LogP contribution is -2.49. The van der Waals surface area contributed by atoms with Gasteiger partial charge in [0, 0.05) is 11.9 Å². The summed E-state index contributed by atoms with van der Waals surface area (Å²) >= 11 is 1.33. The molecule has 0 radical (unpaired) electrons. The Kier molecular flexibility index (Phi) is 5.83. The number of nitrogens with zero attached hydrogens (tertiary/aromatic N) is 1. The van der Waals surface area contributed by atoms with E-state index in [2.05, 4.69) is 5.32 Å². The molecule has 3 aliphatic heterocycles. The van der Waals surface area contributed by atoms with Crippen LogP contribution in [0, 0.1) is 5.92 Å². The van der Waals surface area contributed by atoms with Gasteiger partial charge >= 0.3 is 0 Å². The number of ketones is 2. The van der Waals surface area contributed by atoms with Gasteiger partial charge in [0.2, 0.25) is 5.91 Å². The zero-order chi connectivity index (χ0) is 28.3. The molecule has 204 valence electrons. The molecule has 4 atom stereocenters. The number of hydrogen-bond acceptors (Lipinski definition) is 7. The van der Waals surface area contributed by atoms with E-state index in [1.807, 2.05) is 77.2 Å². The van der Waals surface area contributed by atoms with E-state index in [1.54, 1.807) is 24.3 Å². The number of benzene rings is 3. The second kappa shape index (κ2) is 9.45. The molecule has 0 bridgehead atoms. The molecule has 1 spiro atoms. The molecule has 41 heavy (non-hydrogen) atoms. The Morgan fingerprint density at radius 3 is 2.51 bits per heavy atom. The largest absolute Gasteiger partial charge is 0.497 e. The van der Waals surface area contributed by atoms with Crippen LogP contribution in [0.25, 0.3) is 6.08 Å². The fourth-order valence-electron chi connectivity index (χ4n) is 6.91. The average molecular weight is 563 g/mol. The summed E-state index contributed by atoms with van der Waals surface area (Å²) in [5.74, 6) is -1.13. The molecule has 1 amide bonds. The minimum Gasteiger partial charge on any atom is -0.497 e. The first-order chi connectivity index (χ1) is 20.0. The summed E-state index contributed by atoms with van der Waals surface area (Å²) in [6, 6.07) is 22.4. The molecule has 0 aliphatic carbocycles. The molecule has 3 aromatic carbocycles. The van der Waals surface area contributed by atoms with Crippen LogP contribution in [0.4, 0.5) is 5.69 Å². The van der Waals surface area contributed by atoms with E-state index in [4.69, 9.17) is 9.47 Å². The third kappa shape index (κ3) is 3.47. The first-order valence-corrected chi connectivity index (χ1v) is 14.2. The molecule has 1 aromatic heterocycles. The van der Waals surface area contributed by atoms with E-state index in [0.717, 1.165) is 11.1 Å². The van der Waals surface area contributed by atoms with E-state index >= 15 is 4.79 Å². The Hall–Kier alpha value is -4.69. The lowest BCUT2D eigenvalue weighted by atomic mass is 9.62. The Balaban J connectivity index is 1.56. The van der Waals surface area contributed by atoms with Gasteiger partial charge in [-0.15, -0.1) is 11.3 Å². The quantitative estimate of drug-likeness (QED) is 0.302. The van der Waals surface area contributed by atoms with Crippen molar-refractivity contribution in [2.75, 3.05) is 19.5 Å². The fraction of sp³-hybridized carbons (Fsp3) is 0.182. The van der Waals surface area contributed by atoms with Gasteiger partial charge in [-0.1, -0.05) is 48.5 Å². The SMILES string of the molecule is COc1ccc(OC)c(C(=O)[C@@H]2[C@H](C(=O)c3cccs3)N3C=Cc4ccccc4[C@H]3[C@@]23C(=O)Nc2ccccc23)c1. The number of methoxy groups -OCH3 is 2. The number of amides is 1. The molecule has 0 saturated carbocycles. The van der Waals surface area contributed by atoms with E-state index < -0.39 is 23.4 Å². The summed E-state index contributed by atoms with van der Waals surface area (Å²) in [5.41, 5.74) is 2.03. The van der Waals surface area contributed by atoms with E-state index in [9.17, 15) is 9.59 Å². The highest BCUT2D eigenvalue weighted by molar-refractivity contribution is 7.12. The number of fused-ring (bicyclic) bond motifs is 6. The van der Waals surface area contributed by atoms with Crippen molar-refractivity contribution in [3.8, 4) is 11.5 Å². The highest BCUT2D eigenvalue weighted by atomic mass is 32.1. The number of carbonyl (C=O) groups excluding carboxylic acids is 3. The maximum atomic E-state index is 15.0. The van der Waals surface area contributed by atoms with E-state index in [-0.39, 0.29) is 23.0 Å². The first-order valence-electron chi connectivity index (χ1n) is 13.3. The summed E-state index contributed by atoms with van der Waals surface area (Å²) in [6.07, 6.45) is 3.82. The lowest BCUT2D eigenvalue weighted by molar-refractivity contribution is -0.122. The van der Waals surface area contributed by atoms with Gasteiger partial charge in [-0.3, -0.25) is 14.4 Å². The predicted octanol–water partition coefficient (Wildman–Crippen LogP) is 5.75. The zero-order valence-corrected chi connectivity index (χ0v) is 23.2. The van der Waals surface area contributed by atoms with Gasteiger partial charge in [-0.25, -0.2) is 0 Å². The Morgan fingerprint density at radius 1 is 0.927 bits per heavy atom. The second-order valence-corrected chi connectivity index (χ2v) is 11.3. The minimum absolute atomic E-state index is 0.205. The number of carbonyl (C=O) groups is 3. The van der Waals surface area contributed by atoms with Crippen molar-refractivity contribution in [2.24, 2.45) is 5.92 Å². The monoisotopic (exact) mass is 562 g/mol. The highest BCUT2D eigenvalue weighted by Gasteiger charge is 2.71. The van der Waals surface area contributed by atoms with Crippen LogP contribution >= 0.6 is 11.3 Å². The number of rotatable bonds is 6. The smallest absolute Gasteiger partial charge is 0.238 e. The fourth-order valence-corrected chi connectivity index (χ4v) is 7.60. The summed E-state index contributed by atoms with van der Waals surface area (Å²) in [7, 11) is 3.02. The summed E-state index contributed by atoms with van der Waals surface area (Å²) in [4.78, 5) is 46.5. The Morgan fingerprint density at radius 2 is 1.73 bits per heavy atom. The normalized spacial score (nSPS) is 23.5. The van der Waals surface area contributed by atoms with Crippen LogP contribution in [0.3, 0.4) is 0 Å². The summed E-state index contributed by atoms with van der Waals surface area (Å²) in [5, 5.41) is 4.91. The molecule has 1 saturated heterocycles. The Labute approximate surface area is 241 Å². The van der Waals surface area contributed by atoms with Gasteiger partial charge in [0.25, 0.3) is 0 Å². The van der Waals surface area contributed by atoms with Crippen molar-refractivity contribution in [3.63, 3.8) is 0 Å². The van der Waals surface area contributed by atoms with Gasteiger partial charge in [-0.05, 0) is 58.5 Å². The van der Waals surface area contributed by atoms with Gasteiger partial charge < -0.3 is 19.7 Å². The third-order valence-electron chi connectivity index (χ3n) is 8.56. The van der Waals surface area contributed by atoms with Crippen molar-refractivity contribution < 1.29 is 23.9 Å². The van der Waals surface area contributed by atoms with Crippen molar-refractivity contribution in [3.05, 3.63) is 118 Å². The number of thiophene rings is 1. The third-order valence-corrected chi connectivity index (χ3v) is 9.44. The van der Waals surface area contributed by atoms with Crippen molar-refractivity contribution in [1.82, 2.24) is 4.90 Å². The van der Waals surface area contributed by atoms with Gasteiger partial charge in [0.1, 0.15) is 23.0 Å². The number of ether oxygens (including phenoxy) is 2. The van der Waals surface area contributed by atoms with E-state index in [0.29, 0.717) is 27.6 Å². The average Bonchev–Trinajstić information content (AvgIpc) is 3.73. The highest BCUT2D eigenvalue weighted by Crippen LogP contribution is 2.62. The number of nitrogens with one attached hydrogen (secondary N) is 1. The van der Waals surface area contributed by atoms with Crippen LogP contribution < -0.4 is 14.8 Å². The summed E-state index contributed by atoms with van der Waals surface area (Å²) in [6.45, 7) is 0. The molecule has 1 N–H and O–H groups in total. The van der Waals surface area contributed by atoms with Gasteiger partial charge in [-0.2, -0.15) is 0 Å². The van der Waals surface area contributed by atoms with Crippen molar-refractivity contribution in [1.29, 1.82) is 0 Å². The molecule has 0 unspecified atom stereocenters. The van der Waals surface area contributed by atoms with Crippen LogP contribution in [-0.4, -0.2) is 42.6 Å². The molecule has 8 heteroatoms. The molecule has 4 heterocycles. The minimum atomic E-state index is -1.40. The van der Waals surface area contributed by atoms with Crippen LogP contribution in [0.15, 0.2) is 90.4 Å². The topological polar surface area (TPSA) is 84.9 Å². The molecule has 3 aliphatic rings. The van der Waals surface area contributed by atoms with Gasteiger partial charge in [0.15, 0.2) is 11.6 Å².